The Morgan fingerprint density at radius 3 is 2.71 bits per heavy atom. The average Bonchev–Trinajstić information content (AvgIpc) is 2.95. The monoisotopic (exact) mass is 469 g/mol. The third-order valence-corrected chi connectivity index (χ3v) is 5.89. The Balaban J connectivity index is 2.07. The number of nitrogens with zero attached hydrogens (tertiary/aromatic N) is 3. The first-order valence-corrected chi connectivity index (χ1v) is 11.0. The SMILES string of the molecule is CN(Cc1cc(Br)n(S(=O)(=O)CC=Cc2cccnc2)c1)C(=O)OC(C)(C)C. The molecule has 152 valence electrons. The van der Waals surface area contributed by atoms with Gasteiger partial charge in [-0.05, 0) is 60.0 Å². The third kappa shape index (κ3) is 6.49. The summed E-state index contributed by atoms with van der Waals surface area (Å²) in [5.74, 6) is -0.170. The maximum absolute atomic E-state index is 12.6. The summed E-state index contributed by atoms with van der Waals surface area (Å²) in [7, 11) is -2.00. The summed E-state index contributed by atoms with van der Waals surface area (Å²) >= 11 is 3.28. The fraction of sp³-hybridized carbons (Fsp3) is 0.368. The van der Waals surface area contributed by atoms with Gasteiger partial charge in [-0.15, -0.1) is 0 Å². The highest BCUT2D eigenvalue weighted by atomic mass is 79.9. The first-order chi connectivity index (χ1) is 13.0. The van der Waals surface area contributed by atoms with Crippen molar-refractivity contribution in [3.63, 3.8) is 0 Å². The van der Waals surface area contributed by atoms with Crippen LogP contribution < -0.4 is 0 Å². The van der Waals surface area contributed by atoms with Crippen LogP contribution in [0.1, 0.15) is 31.9 Å². The number of pyridine rings is 1. The number of ether oxygens (including phenoxy) is 1. The molecule has 2 heterocycles. The van der Waals surface area contributed by atoms with Gasteiger partial charge in [-0.25, -0.2) is 17.2 Å². The molecule has 7 nitrogen and oxygen atoms in total. The number of amides is 1. The summed E-state index contributed by atoms with van der Waals surface area (Å²) in [6.45, 7) is 5.59. The lowest BCUT2D eigenvalue weighted by Crippen LogP contribution is -2.33. The molecule has 28 heavy (non-hydrogen) atoms. The van der Waals surface area contributed by atoms with Crippen molar-refractivity contribution in [3.8, 4) is 0 Å². The van der Waals surface area contributed by atoms with Crippen molar-refractivity contribution in [1.82, 2.24) is 13.9 Å². The molecule has 0 aliphatic rings. The van der Waals surface area contributed by atoms with Gasteiger partial charge in [-0.3, -0.25) is 4.98 Å². The van der Waals surface area contributed by atoms with Crippen LogP contribution in [0.4, 0.5) is 4.79 Å². The van der Waals surface area contributed by atoms with E-state index in [0.717, 1.165) is 5.56 Å². The lowest BCUT2D eigenvalue weighted by Gasteiger charge is -2.24. The first-order valence-electron chi connectivity index (χ1n) is 8.59. The van der Waals surface area contributed by atoms with Gasteiger partial charge in [0.2, 0.25) is 10.0 Å². The zero-order valence-electron chi connectivity index (χ0n) is 16.3. The number of hydrogen-bond acceptors (Lipinski definition) is 5. The van der Waals surface area contributed by atoms with E-state index in [9.17, 15) is 13.2 Å². The third-order valence-electron chi connectivity index (χ3n) is 3.52. The zero-order chi connectivity index (χ0) is 20.9. The van der Waals surface area contributed by atoms with E-state index in [2.05, 4.69) is 20.9 Å². The van der Waals surface area contributed by atoms with Crippen molar-refractivity contribution in [1.29, 1.82) is 0 Å². The maximum atomic E-state index is 12.6. The molecule has 0 bridgehead atoms. The topological polar surface area (TPSA) is 81.5 Å². The van der Waals surface area contributed by atoms with Gasteiger partial charge in [0.1, 0.15) is 5.60 Å². The van der Waals surface area contributed by atoms with E-state index in [1.807, 2.05) is 6.07 Å². The van der Waals surface area contributed by atoms with Gasteiger partial charge in [0.25, 0.3) is 0 Å². The molecule has 2 aromatic heterocycles. The van der Waals surface area contributed by atoms with Crippen LogP contribution in [0.3, 0.4) is 0 Å². The second-order valence-electron chi connectivity index (χ2n) is 7.27. The average molecular weight is 470 g/mol. The van der Waals surface area contributed by atoms with Gasteiger partial charge in [0.05, 0.1) is 16.9 Å². The fourth-order valence-electron chi connectivity index (χ4n) is 2.30. The van der Waals surface area contributed by atoms with Gasteiger partial charge >= 0.3 is 6.09 Å². The molecule has 0 fully saturated rings. The Hall–Kier alpha value is -2.13. The normalized spacial score (nSPS) is 12.3. The first kappa shape index (κ1) is 22.2. The van der Waals surface area contributed by atoms with Gasteiger partial charge in [0.15, 0.2) is 0 Å². The molecule has 0 atom stereocenters. The molecule has 0 spiro atoms. The van der Waals surface area contributed by atoms with E-state index in [-0.39, 0.29) is 12.3 Å². The van der Waals surface area contributed by atoms with E-state index in [1.165, 1.54) is 15.1 Å². The van der Waals surface area contributed by atoms with E-state index >= 15 is 0 Å². The number of carbonyl (C=O) groups is 1. The van der Waals surface area contributed by atoms with Crippen LogP contribution in [0.5, 0.6) is 0 Å². The van der Waals surface area contributed by atoms with E-state index in [0.29, 0.717) is 10.2 Å². The standard InChI is InChI=1S/C19H24BrN3O4S/c1-19(2,3)27-18(24)22(4)13-16-11-17(20)23(14-16)28(25,26)10-6-8-15-7-5-9-21-12-15/h5-9,11-12,14H,10,13H2,1-4H3. The minimum absolute atomic E-state index is 0.170. The molecule has 0 saturated heterocycles. The maximum Gasteiger partial charge on any atom is 0.410 e. The van der Waals surface area contributed by atoms with Crippen molar-refractivity contribution in [2.24, 2.45) is 0 Å². The minimum Gasteiger partial charge on any atom is -0.444 e. The molecule has 0 aliphatic carbocycles. The van der Waals surface area contributed by atoms with Gasteiger partial charge in [-0.2, -0.15) is 0 Å². The van der Waals surface area contributed by atoms with Crippen LogP contribution >= 0.6 is 15.9 Å². The van der Waals surface area contributed by atoms with Crippen molar-refractivity contribution >= 4 is 38.1 Å². The van der Waals surface area contributed by atoms with Crippen molar-refractivity contribution in [2.75, 3.05) is 12.8 Å². The number of halogens is 1. The summed E-state index contributed by atoms with van der Waals surface area (Å²) in [6, 6.07) is 5.29. The Morgan fingerprint density at radius 1 is 1.39 bits per heavy atom. The Labute approximate surface area is 174 Å². The second kappa shape index (κ2) is 8.91. The minimum atomic E-state index is -3.60. The molecule has 1 amide bonds. The fourth-order valence-corrected chi connectivity index (χ4v) is 4.48. The molecule has 0 N–H and O–H groups in total. The highest BCUT2D eigenvalue weighted by Gasteiger charge is 2.21. The van der Waals surface area contributed by atoms with Crippen molar-refractivity contribution in [3.05, 3.63) is 58.6 Å². The molecule has 2 rings (SSSR count). The summed E-state index contributed by atoms with van der Waals surface area (Å²) in [5.41, 5.74) is 0.894. The van der Waals surface area contributed by atoms with Crippen LogP contribution in [0.2, 0.25) is 0 Å². The summed E-state index contributed by atoms with van der Waals surface area (Å²) in [4.78, 5) is 17.5. The number of hydrogen-bond donors (Lipinski definition) is 0. The number of carbonyl (C=O) groups excluding carboxylic acids is 1. The molecule has 0 unspecified atom stereocenters. The Bertz CT molecular complexity index is 947. The largest absolute Gasteiger partial charge is 0.444 e. The summed E-state index contributed by atoms with van der Waals surface area (Å²) < 4.78 is 32.1. The lowest BCUT2D eigenvalue weighted by atomic mass is 10.2. The van der Waals surface area contributed by atoms with Crippen LogP contribution in [0.15, 0.2) is 47.5 Å². The van der Waals surface area contributed by atoms with Crippen LogP contribution in [0.25, 0.3) is 6.08 Å². The predicted octanol–water partition coefficient (Wildman–Crippen LogP) is 3.90. The zero-order valence-corrected chi connectivity index (χ0v) is 18.7. The number of aromatic nitrogens is 2. The molecule has 2 aromatic rings. The molecule has 0 radical (unpaired) electrons. The highest BCUT2D eigenvalue weighted by molar-refractivity contribution is 9.10. The van der Waals surface area contributed by atoms with E-state index < -0.39 is 21.7 Å². The van der Waals surface area contributed by atoms with Crippen molar-refractivity contribution < 1.29 is 17.9 Å². The molecule has 0 aliphatic heterocycles. The molecule has 0 aromatic carbocycles. The van der Waals surface area contributed by atoms with Crippen LogP contribution in [0, 0.1) is 0 Å². The summed E-state index contributed by atoms with van der Waals surface area (Å²) in [5, 5.41) is 0. The summed E-state index contributed by atoms with van der Waals surface area (Å²) in [6.07, 6.45) is 7.61. The lowest BCUT2D eigenvalue weighted by molar-refractivity contribution is 0.0285. The predicted molar refractivity (Wildman–Crippen MR) is 112 cm³/mol. The van der Waals surface area contributed by atoms with E-state index in [1.54, 1.807) is 64.5 Å². The smallest absolute Gasteiger partial charge is 0.410 e. The van der Waals surface area contributed by atoms with Gasteiger partial charge < -0.3 is 9.64 Å². The van der Waals surface area contributed by atoms with Gasteiger partial charge in [-0.1, -0.05) is 18.2 Å². The Kier molecular flexibility index (Phi) is 7.06. The van der Waals surface area contributed by atoms with Crippen molar-refractivity contribution in [2.45, 2.75) is 32.9 Å². The molecule has 9 heteroatoms. The van der Waals surface area contributed by atoms with Crippen LogP contribution in [-0.4, -0.2) is 46.8 Å². The highest BCUT2D eigenvalue weighted by Crippen LogP contribution is 2.20. The van der Waals surface area contributed by atoms with E-state index in [4.69, 9.17) is 4.74 Å². The number of rotatable bonds is 6. The quantitative estimate of drug-likeness (QED) is 0.640. The van der Waals surface area contributed by atoms with Gasteiger partial charge in [0, 0.05) is 25.6 Å². The molecular weight excluding hydrogens is 446 g/mol. The molecule has 0 saturated carbocycles. The second-order valence-corrected chi connectivity index (χ2v) is 9.97. The van der Waals surface area contributed by atoms with Crippen LogP contribution in [-0.2, 0) is 21.3 Å². The Morgan fingerprint density at radius 2 is 2.11 bits per heavy atom. The molecular formula is C19H24BrN3O4S.